The van der Waals surface area contributed by atoms with Crippen molar-refractivity contribution in [2.45, 2.75) is 19.4 Å². The predicted molar refractivity (Wildman–Crippen MR) is 84.7 cm³/mol. The van der Waals surface area contributed by atoms with E-state index >= 15 is 0 Å². The van der Waals surface area contributed by atoms with Crippen molar-refractivity contribution < 1.29 is 24.1 Å². The molecule has 0 spiro atoms. The normalized spacial score (nSPS) is 10.6. The second-order valence-electron chi connectivity index (χ2n) is 4.92. The summed E-state index contributed by atoms with van der Waals surface area (Å²) in [5.74, 6) is 0.367. The Labute approximate surface area is 133 Å². The lowest BCUT2D eigenvalue weighted by Gasteiger charge is -2.15. The Hall–Kier alpha value is -2.70. The van der Waals surface area contributed by atoms with Crippen LogP contribution in [0.15, 0.2) is 23.1 Å². The van der Waals surface area contributed by atoms with Gasteiger partial charge in [0.15, 0.2) is 11.5 Å². The van der Waals surface area contributed by atoms with Crippen LogP contribution in [0.25, 0.3) is 10.8 Å². The van der Waals surface area contributed by atoms with Crippen molar-refractivity contribution in [3.05, 3.63) is 28.7 Å². The lowest BCUT2D eigenvalue weighted by molar-refractivity contribution is -0.137. The summed E-state index contributed by atoms with van der Waals surface area (Å²) in [6.07, 6.45) is 2.02. The highest BCUT2D eigenvalue weighted by molar-refractivity contribution is 5.92. The van der Waals surface area contributed by atoms with Gasteiger partial charge in [0, 0.05) is 24.5 Å². The van der Waals surface area contributed by atoms with Gasteiger partial charge < -0.3 is 23.9 Å². The van der Waals surface area contributed by atoms with Crippen LogP contribution < -0.4 is 19.8 Å². The van der Waals surface area contributed by atoms with E-state index < -0.39 is 5.97 Å². The van der Waals surface area contributed by atoms with Crippen LogP contribution in [0.1, 0.15) is 12.8 Å². The predicted octanol–water partition coefficient (Wildman–Crippen LogP) is 1.89. The number of carboxylic acids is 1. The van der Waals surface area contributed by atoms with E-state index in [-0.39, 0.29) is 12.0 Å². The van der Waals surface area contributed by atoms with Crippen LogP contribution in [0.5, 0.6) is 17.2 Å². The molecule has 0 saturated carbocycles. The number of aryl methyl sites for hydroxylation is 1. The fourth-order valence-electron chi connectivity index (χ4n) is 2.48. The minimum atomic E-state index is -0.882. The third-order valence-electron chi connectivity index (χ3n) is 3.57. The van der Waals surface area contributed by atoms with Crippen molar-refractivity contribution in [2.24, 2.45) is 0 Å². The van der Waals surface area contributed by atoms with Gasteiger partial charge >= 0.3 is 5.97 Å². The average Bonchev–Trinajstić information content (AvgIpc) is 2.54. The molecule has 1 aromatic heterocycles. The number of pyridine rings is 1. The van der Waals surface area contributed by atoms with Crippen LogP contribution in [0.3, 0.4) is 0 Å². The van der Waals surface area contributed by atoms with Gasteiger partial charge in [-0.3, -0.25) is 9.59 Å². The Balaban J connectivity index is 2.56. The Morgan fingerprint density at radius 2 is 1.83 bits per heavy atom. The maximum absolute atomic E-state index is 12.6. The molecule has 0 amide bonds. The number of methoxy groups -OCH3 is 3. The zero-order chi connectivity index (χ0) is 17.0. The number of aliphatic carboxylic acids is 1. The molecule has 1 N–H and O–H groups in total. The van der Waals surface area contributed by atoms with Crippen LogP contribution in [-0.4, -0.2) is 37.0 Å². The highest BCUT2D eigenvalue weighted by atomic mass is 16.5. The van der Waals surface area contributed by atoms with Crippen molar-refractivity contribution in [1.29, 1.82) is 0 Å². The molecule has 2 aromatic rings. The summed E-state index contributed by atoms with van der Waals surface area (Å²) < 4.78 is 17.4. The zero-order valence-electron chi connectivity index (χ0n) is 13.3. The number of fused-ring (bicyclic) bond motifs is 1. The number of carboxylic acid groups (broad SMARTS) is 1. The second kappa shape index (κ2) is 7.04. The second-order valence-corrected chi connectivity index (χ2v) is 4.92. The van der Waals surface area contributed by atoms with Crippen molar-refractivity contribution in [1.82, 2.24) is 4.57 Å². The number of benzene rings is 1. The lowest BCUT2D eigenvalue weighted by atomic mass is 10.1. The van der Waals surface area contributed by atoms with Crippen LogP contribution in [0.4, 0.5) is 0 Å². The van der Waals surface area contributed by atoms with Crippen molar-refractivity contribution in [2.75, 3.05) is 21.3 Å². The summed E-state index contributed by atoms with van der Waals surface area (Å²) >= 11 is 0. The summed E-state index contributed by atoms with van der Waals surface area (Å²) in [4.78, 5) is 23.2. The number of carbonyl (C=O) groups is 1. The molecular weight excluding hydrogens is 302 g/mol. The maximum Gasteiger partial charge on any atom is 0.303 e. The Morgan fingerprint density at radius 3 is 2.39 bits per heavy atom. The van der Waals surface area contributed by atoms with E-state index in [9.17, 15) is 9.59 Å². The maximum atomic E-state index is 12.6. The van der Waals surface area contributed by atoms with E-state index in [1.807, 2.05) is 0 Å². The molecule has 0 aliphatic heterocycles. The number of hydrogen-bond donors (Lipinski definition) is 1. The summed E-state index contributed by atoms with van der Waals surface area (Å²) in [6.45, 7) is 0.331. The van der Waals surface area contributed by atoms with Gasteiger partial charge in [0.1, 0.15) is 0 Å². The molecule has 0 fully saturated rings. The van der Waals surface area contributed by atoms with E-state index in [2.05, 4.69) is 0 Å². The van der Waals surface area contributed by atoms with Gasteiger partial charge in [-0.2, -0.15) is 0 Å². The molecule has 0 saturated heterocycles. The van der Waals surface area contributed by atoms with E-state index in [0.29, 0.717) is 41.0 Å². The molecule has 23 heavy (non-hydrogen) atoms. The van der Waals surface area contributed by atoms with Crippen molar-refractivity contribution in [3.63, 3.8) is 0 Å². The van der Waals surface area contributed by atoms with Gasteiger partial charge in [0.25, 0.3) is 5.56 Å². The molecule has 1 heterocycles. The fourth-order valence-corrected chi connectivity index (χ4v) is 2.48. The third kappa shape index (κ3) is 3.23. The van der Waals surface area contributed by atoms with Crippen LogP contribution in [0, 0.1) is 0 Å². The largest absolute Gasteiger partial charge is 0.493 e. The molecule has 0 aliphatic rings. The van der Waals surface area contributed by atoms with Gasteiger partial charge in [-0.1, -0.05) is 0 Å². The first kappa shape index (κ1) is 16.7. The first-order valence-corrected chi connectivity index (χ1v) is 7.07. The summed E-state index contributed by atoms with van der Waals surface area (Å²) in [5, 5.41) is 9.74. The molecular formula is C16H19NO6. The molecule has 0 bridgehead atoms. The van der Waals surface area contributed by atoms with E-state index in [0.717, 1.165) is 0 Å². The van der Waals surface area contributed by atoms with Crippen molar-refractivity contribution >= 4 is 16.7 Å². The first-order valence-electron chi connectivity index (χ1n) is 7.07. The molecule has 1 aromatic carbocycles. The number of aromatic nitrogens is 1. The third-order valence-corrected chi connectivity index (χ3v) is 3.57. The summed E-state index contributed by atoms with van der Waals surface area (Å²) in [7, 11) is 4.48. The Kier molecular flexibility index (Phi) is 5.10. The van der Waals surface area contributed by atoms with E-state index in [1.54, 1.807) is 18.3 Å². The molecule has 7 nitrogen and oxygen atoms in total. The highest BCUT2D eigenvalue weighted by Crippen LogP contribution is 2.42. The van der Waals surface area contributed by atoms with Gasteiger partial charge in [0.05, 0.1) is 26.7 Å². The fraction of sp³-hybridized carbons (Fsp3) is 0.375. The average molecular weight is 321 g/mol. The van der Waals surface area contributed by atoms with Gasteiger partial charge in [0.2, 0.25) is 5.75 Å². The number of rotatable bonds is 7. The molecule has 124 valence electrons. The minimum Gasteiger partial charge on any atom is -0.493 e. The monoisotopic (exact) mass is 321 g/mol. The smallest absolute Gasteiger partial charge is 0.303 e. The molecule has 0 aliphatic carbocycles. The van der Waals surface area contributed by atoms with Gasteiger partial charge in [-0.05, 0) is 18.6 Å². The zero-order valence-corrected chi connectivity index (χ0v) is 13.3. The van der Waals surface area contributed by atoms with Crippen LogP contribution >= 0.6 is 0 Å². The summed E-state index contributed by atoms with van der Waals surface area (Å²) in [6, 6.07) is 3.35. The molecule has 0 unspecified atom stereocenters. The Bertz CT molecular complexity index is 780. The molecule has 0 radical (unpaired) electrons. The first-order chi connectivity index (χ1) is 11.0. The topological polar surface area (TPSA) is 87.0 Å². The molecule has 0 atom stereocenters. The van der Waals surface area contributed by atoms with Gasteiger partial charge in [-0.25, -0.2) is 0 Å². The Morgan fingerprint density at radius 1 is 1.13 bits per heavy atom. The van der Waals surface area contributed by atoms with Crippen LogP contribution in [0.2, 0.25) is 0 Å². The standard InChI is InChI=1S/C16H19NO6/c1-21-12-9-11-10(14(22-2)15(12)23-3)6-8-17(16(11)20)7-4-5-13(18)19/h6,8-9H,4-5,7H2,1-3H3,(H,18,19). The quantitative estimate of drug-likeness (QED) is 0.838. The SMILES string of the molecule is COc1cc2c(=O)n(CCCC(=O)O)ccc2c(OC)c1OC. The highest BCUT2D eigenvalue weighted by Gasteiger charge is 2.18. The van der Waals surface area contributed by atoms with Gasteiger partial charge in [-0.15, -0.1) is 0 Å². The summed E-state index contributed by atoms with van der Waals surface area (Å²) in [5.41, 5.74) is -0.229. The molecule has 7 heteroatoms. The molecule has 2 rings (SSSR count). The van der Waals surface area contributed by atoms with Crippen LogP contribution in [-0.2, 0) is 11.3 Å². The lowest BCUT2D eigenvalue weighted by Crippen LogP contribution is -2.20. The van der Waals surface area contributed by atoms with E-state index in [4.69, 9.17) is 19.3 Å². The number of ether oxygens (including phenoxy) is 3. The number of hydrogen-bond acceptors (Lipinski definition) is 5. The minimum absolute atomic E-state index is 0.0136. The number of nitrogens with zero attached hydrogens (tertiary/aromatic N) is 1. The van der Waals surface area contributed by atoms with Crippen molar-refractivity contribution in [3.8, 4) is 17.2 Å². The van der Waals surface area contributed by atoms with E-state index in [1.165, 1.54) is 25.9 Å².